The first kappa shape index (κ1) is 6.40. The lowest BCUT2D eigenvalue weighted by Gasteiger charge is -1.84. The summed E-state index contributed by atoms with van der Waals surface area (Å²) >= 11 is 0. The van der Waals surface area contributed by atoms with Crippen molar-refractivity contribution in [2.24, 2.45) is 0 Å². The van der Waals surface area contributed by atoms with Gasteiger partial charge in [-0.3, -0.25) is 9.97 Å². The Bertz CT molecular complexity index is 309. The molecule has 54 valence electrons. The van der Waals surface area contributed by atoms with Crippen LogP contribution in [0.25, 0.3) is 0 Å². The number of carboxylic acid groups (broad SMARTS) is 1. The van der Waals surface area contributed by atoms with E-state index in [0.29, 0.717) is 0 Å². The Morgan fingerprint density at radius 1 is 1.40 bits per heavy atom. The lowest BCUT2D eigenvalue weighted by atomic mass is 10.5. The van der Waals surface area contributed by atoms with Gasteiger partial charge in [-0.1, -0.05) is 0 Å². The van der Waals surface area contributed by atoms with Crippen molar-refractivity contribution in [1.29, 1.82) is 0 Å². The number of carboxylic acids is 1. The summed E-state index contributed by atoms with van der Waals surface area (Å²) in [5, 5.41) is 16.9. The highest BCUT2D eigenvalue weighted by atomic mass is 16.4. The Morgan fingerprint density at radius 2 is 2.00 bits per heavy atom. The summed E-state index contributed by atoms with van der Waals surface area (Å²) in [5.74, 6) is -2.03. The molecule has 1 rings (SSSR count). The lowest BCUT2D eigenvalue weighted by molar-refractivity contribution is 0.0687. The predicted octanol–water partition coefficient (Wildman–Crippen LogP) is -0.893. The topological polar surface area (TPSA) is 106 Å². The number of aromatic carboxylic acids is 1. The highest BCUT2D eigenvalue weighted by molar-refractivity contribution is 5.87. The third-order valence-corrected chi connectivity index (χ3v) is 0.921. The standard InChI is InChI=1S/C4H4N2O4/c7-2-1(3(8)9)5-4(10)6-2/h7H,(H,8,9)(H2,5,6,10). The van der Waals surface area contributed by atoms with E-state index in [9.17, 15) is 9.59 Å². The maximum Gasteiger partial charge on any atom is 0.358 e. The molecule has 1 aromatic heterocycles. The largest absolute Gasteiger partial charge is 0.493 e. The maximum absolute atomic E-state index is 10.3. The minimum atomic E-state index is -1.38. The Hall–Kier alpha value is -1.72. The monoisotopic (exact) mass is 144 g/mol. The van der Waals surface area contributed by atoms with Gasteiger partial charge in [-0.15, -0.1) is 0 Å². The van der Waals surface area contributed by atoms with Crippen molar-refractivity contribution >= 4 is 5.97 Å². The van der Waals surface area contributed by atoms with Crippen LogP contribution in [-0.2, 0) is 0 Å². The molecule has 0 amide bonds. The average Bonchev–Trinajstić information content (AvgIpc) is 2.10. The fraction of sp³-hybridized carbons (Fsp3) is 0. The van der Waals surface area contributed by atoms with Gasteiger partial charge < -0.3 is 10.2 Å². The molecule has 0 spiro atoms. The molecule has 0 aromatic carbocycles. The zero-order valence-corrected chi connectivity index (χ0v) is 4.71. The molecule has 0 unspecified atom stereocenters. The second-order valence-electron chi connectivity index (χ2n) is 1.61. The molecule has 0 aliphatic carbocycles. The van der Waals surface area contributed by atoms with E-state index in [1.165, 1.54) is 0 Å². The van der Waals surface area contributed by atoms with E-state index in [1.807, 2.05) is 9.97 Å². The van der Waals surface area contributed by atoms with E-state index < -0.39 is 23.2 Å². The molecule has 0 radical (unpaired) electrons. The number of nitrogens with one attached hydrogen (secondary N) is 2. The number of hydrogen-bond acceptors (Lipinski definition) is 3. The first-order valence-electron chi connectivity index (χ1n) is 2.36. The van der Waals surface area contributed by atoms with Gasteiger partial charge >= 0.3 is 11.7 Å². The summed E-state index contributed by atoms with van der Waals surface area (Å²) in [6.07, 6.45) is 0. The third kappa shape index (κ3) is 0.859. The fourth-order valence-corrected chi connectivity index (χ4v) is 0.529. The molecule has 4 N–H and O–H groups in total. The predicted molar refractivity (Wildman–Crippen MR) is 30.0 cm³/mol. The molecule has 0 saturated carbocycles. The average molecular weight is 144 g/mol. The highest BCUT2D eigenvalue weighted by Gasteiger charge is 2.11. The van der Waals surface area contributed by atoms with Gasteiger partial charge in [-0.05, 0) is 0 Å². The van der Waals surface area contributed by atoms with Crippen LogP contribution < -0.4 is 5.69 Å². The number of imidazole rings is 1. The minimum absolute atomic E-state index is 0.523. The second kappa shape index (κ2) is 1.90. The van der Waals surface area contributed by atoms with Gasteiger partial charge in [0.15, 0.2) is 5.69 Å². The van der Waals surface area contributed by atoms with E-state index in [1.54, 1.807) is 0 Å². The highest BCUT2D eigenvalue weighted by Crippen LogP contribution is 2.05. The van der Waals surface area contributed by atoms with E-state index >= 15 is 0 Å². The van der Waals surface area contributed by atoms with Gasteiger partial charge in [-0.25, -0.2) is 9.59 Å². The number of aromatic amines is 2. The summed E-state index contributed by atoms with van der Waals surface area (Å²) in [4.78, 5) is 24.1. The molecule has 6 nitrogen and oxygen atoms in total. The molecule has 0 aliphatic rings. The van der Waals surface area contributed by atoms with Crippen molar-refractivity contribution in [2.45, 2.75) is 0 Å². The van der Waals surface area contributed by atoms with Gasteiger partial charge in [0.05, 0.1) is 0 Å². The SMILES string of the molecule is O=C(O)c1[nH]c(=O)[nH]c1O. The van der Waals surface area contributed by atoms with E-state index in [-0.39, 0.29) is 0 Å². The van der Waals surface area contributed by atoms with Crippen molar-refractivity contribution in [3.05, 3.63) is 16.2 Å². The zero-order valence-electron chi connectivity index (χ0n) is 4.71. The van der Waals surface area contributed by atoms with Gasteiger partial charge in [0.2, 0.25) is 5.88 Å². The van der Waals surface area contributed by atoms with Crippen molar-refractivity contribution in [2.75, 3.05) is 0 Å². The quantitative estimate of drug-likeness (QED) is 0.410. The number of H-pyrrole nitrogens is 2. The lowest BCUT2D eigenvalue weighted by Crippen LogP contribution is -2.03. The molecule has 1 aromatic rings. The van der Waals surface area contributed by atoms with Gasteiger partial charge in [0.1, 0.15) is 0 Å². The van der Waals surface area contributed by atoms with Crippen molar-refractivity contribution < 1.29 is 15.0 Å². The van der Waals surface area contributed by atoms with Gasteiger partial charge in [-0.2, -0.15) is 0 Å². The summed E-state index contributed by atoms with van der Waals surface area (Å²) in [5.41, 5.74) is -1.26. The summed E-state index contributed by atoms with van der Waals surface area (Å²) in [6, 6.07) is 0. The Morgan fingerprint density at radius 3 is 2.20 bits per heavy atom. The maximum atomic E-state index is 10.3. The van der Waals surface area contributed by atoms with Crippen molar-refractivity contribution in [1.82, 2.24) is 9.97 Å². The van der Waals surface area contributed by atoms with Gasteiger partial charge in [0, 0.05) is 0 Å². The third-order valence-electron chi connectivity index (χ3n) is 0.921. The first-order valence-corrected chi connectivity index (χ1v) is 2.36. The molecule has 1 heterocycles. The van der Waals surface area contributed by atoms with Gasteiger partial charge in [0.25, 0.3) is 0 Å². The smallest absolute Gasteiger partial charge is 0.358 e. The molecule has 0 atom stereocenters. The molecule has 0 fully saturated rings. The molecule has 0 saturated heterocycles. The molecule has 6 heteroatoms. The van der Waals surface area contributed by atoms with Crippen LogP contribution in [0.3, 0.4) is 0 Å². The Labute approximate surface area is 54.1 Å². The number of rotatable bonds is 1. The summed E-state index contributed by atoms with van der Waals surface area (Å²) in [6.45, 7) is 0. The van der Waals surface area contributed by atoms with E-state index in [2.05, 4.69) is 0 Å². The van der Waals surface area contributed by atoms with Crippen LogP contribution in [0, 0.1) is 0 Å². The molecule has 10 heavy (non-hydrogen) atoms. The molecular formula is C4H4N2O4. The number of carbonyl (C=O) groups is 1. The molecule has 0 bridgehead atoms. The van der Waals surface area contributed by atoms with Crippen molar-refractivity contribution in [3.8, 4) is 5.88 Å². The Kier molecular flexibility index (Phi) is 1.22. The van der Waals surface area contributed by atoms with Crippen LogP contribution in [0.2, 0.25) is 0 Å². The van der Waals surface area contributed by atoms with Crippen LogP contribution >= 0.6 is 0 Å². The van der Waals surface area contributed by atoms with Crippen molar-refractivity contribution in [3.63, 3.8) is 0 Å². The second-order valence-corrected chi connectivity index (χ2v) is 1.61. The molecular weight excluding hydrogens is 140 g/mol. The summed E-state index contributed by atoms with van der Waals surface area (Å²) < 4.78 is 0. The van der Waals surface area contributed by atoms with Crippen LogP contribution in [0.15, 0.2) is 4.79 Å². The van der Waals surface area contributed by atoms with Crippen LogP contribution in [0.4, 0.5) is 0 Å². The minimum Gasteiger partial charge on any atom is -0.493 e. The number of aromatic nitrogens is 2. The first-order chi connectivity index (χ1) is 4.61. The molecule has 0 aliphatic heterocycles. The summed E-state index contributed by atoms with van der Waals surface area (Å²) in [7, 11) is 0. The zero-order chi connectivity index (χ0) is 7.72. The fourth-order valence-electron chi connectivity index (χ4n) is 0.529. The number of hydrogen-bond donors (Lipinski definition) is 4. The number of aromatic hydroxyl groups is 1. The normalized spacial score (nSPS) is 9.60. The van der Waals surface area contributed by atoms with Crippen LogP contribution in [0.1, 0.15) is 10.5 Å². The van der Waals surface area contributed by atoms with E-state index in [4.69, 9.17) is 10.2 Å². The van der Waals surface area contributed by atoms with E-state index in [0.717, 1.165) is 0 Å². The Balaban J connectivity index is 3.28. The van der Waals surface area contributed by atoms with Crippen LogP contribution in [-0.4, -0.2) is 26.2 Å². The van der Waals surface area contributed by atoms with Crippen LogP contribution in [0.5, 0.6) is 5.88 Å².